The molecule has 2 amide bonds. The molecule has 0 radical (unpaired) electrons. The number of anilines is 1. The first-order valence-electron chi connectivity index (χ1n) is 9.08. The van der Waals surface area contributed by atoms with Crippen LogP contribution in [-0.2, 0) is 9.59 Å². The number of hydrogen-bond donors (Lipinski definition) is 1. The lowest BCUT2D eigenvalue weighted by molar-refractivity contribution is -0.123. The van der Waals surface area contributed by atoms with Gasteiger partial charge in [0, 0.05) is 18.7 Å². The summed E-state index contributed by atoms with van der Waals surface area (Å²) in [4.78, 5) is 26.2. The van der Waals surface area contributed by atoms with E-state index < -0.39 is 0 Å². The van der Waals surface area contributed by atoms with Gasteiger partial charge in [0.2, 0.25) is 5.91 Å². The van der Waals surface area contributed by atoms with Crippen LogP contribution in [0.3, 0.4) is 0 Å². The molecule has 0 aromatic heterocycles. The van der Waals surface area contributed by atoms with E-state index >= 15 is 0 Å². The highest BCUT2D eigenvalue weighted by molar-refractivity contribution is 5.97. The van der Waals surface area contributed by atoms with Gasteiger partial charge in [-0.3, -0.25) is 9.59 Å². The Morgan fingerprint density at radius 2 is 1.89 bits per heavy atom. The predicted octanol–water partition coefficient (Wildman–Crippen LogP) is 2.69. The molecule has 1 saturated heterocycles. The Morgan fingerprint density at radius 1 is 1.15 bits per heavy atom. The van der Waals surface area contributed by atoms with Crippen molar-refractivity contribution in [1.29, 1.82) is 0 Å². The summed E-state index contributed by atoms with van der Waals surface area (Å²) in [6, 6.07) is 14.7. The minimum Gasteiger partial charge on any atom is -0.494 e. The lowest BCUT2D eigenvalue weighted by Crippen LogP contribution is -2.39. The van der Waals surface area contributed by atoms with Gasteiger partial charge in [0.1, 0.15) is 11.5 Å². The molecule has 1 aliphatic heterocycles. The highest BCUT2D eigenvalue weighted by Crippen LogP contribution is 2.24. The number of amides is 2. The maximum atomic E-state index is 12.3. The SMILES string of the molecule is CCOc1ccc(N2C[C@@H](NC(=O)COc3ccccc3C)CC2=O)cc1. The number of nitrogens with one attached hydrogen (secondary N) is 1. The van der Waals surface area contributed by atoms with E-state index in [0.717, 1.165) is 17.0 Å². The van der Waals surface area contributed by atoms with E-state index in [-0.39, 0.29) is 30.9 Å². The number of para-hydroxylation sites is 1. The van der Waals surface area contributed by atoms with Crippen molar-refractivity contribution in [2.75, 3.05) is 24.7 Å². The molecule has 2 aromatic rings. The highest BCUT2D eigenvalue weighted by Gasteiger charge is 2.31. The molecule has 1 fully saturated rings. The van der Waals surface area contributed by atoms with Crippen molar-refractivity contribution in [2.24, 2.45) is 0 Å². The lowest BCUT2D eigenvalue weighted by Gasteiger charge is -2.18. The number of rotatable bonds is 7. The molecule has 1 atom stereocenters. The Kier molecular flexibility index (Phi) is 5.96. The Hall–Kier alpha value is -3.02. The summed E-state index contributed by atoms with van der Waals surface area (Å²) in [5, 5.41) is 2.88. The monoisotopic (exact) mass is 368 g/mol. The number of ether oxygens (including phenoxy) is 2. The smallest absolute Gasteiger partial charge is 0.258 e. The summed E-state index contributed by atoms with van der Waals surface area (Å²) < 4.78 is 11.0. The van der Waals surface area contributed by atoms with Crippen LogP contribution in [0.15, 0.2) is 48.5 Å². The third-order valence-electron chi connectivity index (χ3n) is 4.40. The average molecular weight is 368 g/mol. The van der Waals surface area contributed by atoms with E-state index in [9.17, 15) is 9.59 Å². The molecule has 2 aromatic carbocycles. The van der Waals surface area contributed by atoms with Crippen LogP contribution in [-0.4, -0.2) is 37.6 Å². The summed E-state index contributed by atoms with van der Waals surface area (Å²) in [6.45, 7) is 4.83. The second-order valence-electron chi connectivity index (χ2n) is 6.45. The molecule has 0 bridgehead atoms. The van der Waals surface area contributed by atoms with Gasteiger partial charge in [-0.2, -0.15) is 0 Å². The fraction of sp³-hybridized carbons (Fsp3) is 0.333. The van der Waals surface area contributed by atoms with Crippen molar-refractivity contribution in [3.05, 3.63) is 54.1 Å². The third-order valence-corrected chi connectivity index (χ3v) is 4.40. The number of carbonyl (C=O) groups excluding carboxylic acids is 2. The minimum atomic E-state index is -0.232. The van der Waals surface area contributed by atoms with Gasteiger partial charge in [-0.1, -0.05) is 18.2 Å². The van der Waals surface area contributed by atoms with Crippen molar-refractivity contribution in [3.8, 4) is 11.5 Å². The topological polar surface area (TPSA) is 67.9 Å². The molecule has 142 valence electrons. The van der Waals surface area contributed by atoms with Gasteiger partial charge in [0.05, 0.1) is 12.6 Å². The summed E-state index contributed by atoms with van der Waals surface area (Å²) in [5.74, 6) is 1.21. The Balaban J connectivity index is 1.52. The largest absolute Gasteiger partial charge is 0.494 e. The first-order valence-corrected chi connectivity index (χ1v) is 9.08. The normalized spacial score (nSPS) is 16.3. The number of aryl methyl sites for hydroxylation is 1. The summed E-state index contributed by atoms with van der Waals surface area (Å²) in [7, 11) is 0. The van der Waals surface area contributed by atoms with Crippen LogP contribution in [0.25, 0.3) is 0 Å². The maximum absolute atomic E-state index is 12.3. The van der Waals surface area contributed by atoms with Crippen molar-refractivity contribution in [2.45, 2.75) is 26.3 Å². The predicted molar refractivity (Wildman–Crippen MR) is 103 cm³/mol. The van der Waals surface area contributed by atoms with E-state index in [1.807, 2.05) is 62.4 Å². The molecule has 6 nitrogen and oxygen atoms in total. The van der Waals surface area contributed by atoms with E-state index in [1.165, 1.54) is 0 Å². The molecular formula is C21H24N2O4. The molecule has 6 heteroatoms. The van der Waals surface area contributed by atoms with Crippen molar-refractivity contribution in [1.82, 2.24) is 5.32 Å². The van der Waals surface area contributed by atoms with E-state index in [4.69, 9.17) is 9.47 Å². The number of carbonyl (C=O) groups is 2. The highest BCUT2D eigenvalue weighted by atomic mass is 16.5. The first kappa shape index (κ1) is 18.8. The molecule has 0 unspecified atom stereocenters. The molecule has 1 heterocycles. The van der Waals surface area contributed by atoms with Gasteiger partial charge in [0.15, 0.2) is 6.61 Å². The van der Waals surface area contributed by atoms with Gasteiger partial charge in [-0.25, -0.2) is 0 Å². The molecule has 27 heavy (non-hydrogen) atoms. The van der Waals surface area contributed by atoms with Crippen LogP contribution < -0.4 is 19.7 Å². The Bertz CT molecular complexity index is 804. The molecule has 0 spiro atoms. The van der Waals surface area contributed by atoms with Crippen LogP contribution in [0, 0.1) is 6.92 Å². The van der Waals surface area contributed by atoms with Gasteiger partial charge >= 0.3 is 0 Å². The minimum absolute atomic E-state index is 0.00992. The fourth-order valence-corrected chi connectivity index (χ4v) is 3.07. The van der Waals surface area contributed by atoms with Crippen molar-refractivity contribution >= 4 is 17.5 Å². The van der Waals surface area contributed by atoms with Crippen LogP contribution in [0.5, 0.6) is 11.5 Å². The molecule has 0 aliphatic carbocycles. The third kappa shape index (κ3) is 4.78. The first-order chi connectivity index (χ1) is 13.1. The van der Waals surface area contributed by atoms with Crippen LogP contribution in [0.1, 0.15) is 18.9 Å². The van der Waals surface area contributed by atoms with Gasteiger partial charge in [-0.15, -0.1) is 0 Å². The molecule has 1 N–H and O–H groups in total. The average Bonchev–Trinajstić information content (AvgIpc) is 3.02. The summed E-state index contributed by atoms with van der Waals surface area (Å²) >= 11 is 0. The van der Waals surface area contributed by atoms with Gasteiger partial charge < -0.3 is 19.7 Å². The second kappa shape index (κ2) is 8.58. The zero-order valence-electron chi connectivity index (χ0n) is 15.6. The fourth-order valence-electron chi connectivity index (χ4n) is 3.07. The van der Waals surface area contributed by atoms with Gasteiger partial charge in [0.25, 0.3) is 5.91 Å². The van der Waals surface area contributed by atoms with E-state index in [1.54, 1.807) is 4.90 Å². The zero-order valence-corrected chi connectivity index (χ0v) is 15.6. The zero-order chi connectivity index (χ0) is 19.2. The number of benzene rings is 2. The standard InChI is InChI=1S/C21H24N2O4/c1-3-26-18-10-8-17(9-11-18)23-13-16(12-21(23)25)22-20(24)14-27-19-7-5-4-6-15(19)2/h4-11,16H,3,12-14H2,1-2H3,(H,22,24)/t16-/m0/s1. The molecule has 3 rings (SSSR count). The summed E-state index contributed by atoms with van der Waals surface area (Å²) in [5.41, 5.74) is 1.78. The van der Waals surface area contributed by atoms with Gasteiger partial charge in [-0.05, 0) is 49.7 Å². The number of hydrogen-bond acceptors (Lipinski definition) is 4. The van der Waals surface area contributed by atoms with Crippen LogP contribution >= 0.6 is 0 Å². The Labute approximate surface area is 159 Å². The second-order valence-corrected chi connectivity index (χ2v) is 6.45. The van der Waals surface area contributed by atoms with Crippen molar-refractivity contribution in [3.63, 3.8) is 0 Å². The number of nitrogens with zero attached hydrogens (tertiary/aromatic N) is 1. The summed E-state index contributed by atoms with van der Waals surface area (Å²) in [6.07, 6.45) is 0.281. The molecular weight excluding hydrogens is 344 g/mol. The van der Waals surface area contributed by atoms with Crippen molar-refractivity contribution < 1.29 is 19.1 Å². The Morgan fingerprint density at radius 3 is 2.59 bits per heavy atom. The van der Waals surface area contributed by atoms with E-state index in [2.05, 4.69) is 5.32 Å². The lowest BCUT2D eigenvalue weighted by atomic mass is 10.2. The molecule has 1 aliphatic rings. The quantitative estimate of drug-likeness (QED) is 0.816. The van der Waals surface area contributed by atoms with Crippen LogP contribution in [0.2, 0.25) is 0 Å². The van der Waals surface area contributed by atoms with E-state index in [0.29, 0.717) is 18.9 Å². The van der Waals surface area contributed by atoms with Crippen LogP contribution in [0.4, 0.5) is 5.69 Å². The maximum Gasteiger partial charge on any atom is 0.258 e. The molecule has 0 saturated carbocycles.